The second-order valence-corrected chi connectivity index (χ2v) is 19.6. The summed E-state index contributed by atoms with van der Waals surface area (Å²) in [6.07, 6.45) is 55.4. The zero-order valence-electron chi connectivity index (χ0n) is 54.7. The highest BCUT2D eigenvalue weighted by Crippen LogP contribution is 2.19. The summed E-state index contributed by atoms with van der Waals surface area (Å²) in [5.74, 6) is 0. The maximum Gasteiger partial charge on any atom is 0.180 e. The van der Waals surface area contributed by atoms with E-state index in [1.54, 1.807) is 201 Å². The number of oxazole rings is 1. The van der Waals surface area contributed by atoms with Crippen molar-refractivity contribution in [3.8, 4) is 0 Å². The van der Waals surface area contributed by atoms with E-state index in [9.17, 15) is 0 Å². The molecule has 0 saturated carbocycles. The fourth-order valence-electron chi connectivity index (χ4n) is 5.25. The summed E-state index contributed by atoms with van der Waals surface area (Å²) in [7, 11) is 0. The number of imidazole rings is 1. The molecule has 34 heteroatoms. The van der Waals surface area contributed by atoms with E-state index in [1.165, 1.54) is 72.2 Å². The number of thiophene rings is 2. The first-order valence-corrected chi connectivity index (χ1v) is 33.1. The van der Waals surface area contributed by atoms with E-state index in [0.29, 0.717) is 0 Å². The van der Waals surface area contributed by atoms with Gasteiger partial charge in [-0.05, 0) is 130 Å². The molecule has 0 aliphatic carbocycles. The van der Waals surface area contributed by atoms with E-state index in [2.05, 4.69) is 180 Å². The molecule has 0 aliphatic heterocycles. The van der Waals surface area contributed by atoms with Crippen LogP contribution in [0.1, 0.15) is 0 Å². The number of nitrogens with one attached hydrogen (secondary N) is 5. The number of H-pyrrole nitrogens is 5. The van der Waals surface area contributed by atoms with Crippen LogP contribution >= 0.6 is 45.5 Å². The van der Waals surface area contributed by atoms with Crippen molar-refractivity contribution >= 4 is 66.6 Å². The largest absolute Gasteiger partial charge is 0.473 e. The number of fused-ring (bicyclic) bond motifs is 2. The fraction of sp³-hybridized carbons (Fsp3) is 0. The Morgan fingerprint density at radius 3 is 1.33 bits per heavy atom. The lowest BCUT2D eigenvalue weighted by molar-refractivity contribution is 0.420. The van der Waals surface area contributed by atoms with Crippen LogP contribution in [0.4, 0.5) is 0 Å². The van der Waals surface area contributed by atoms with Crippen LogP contribution in [0.25, 0.3) is 21.1 Å². The highest BCUT2D eigenvalue weighted by Gasteiger charge is 1.90. The number of benzene rings is 2. The first kappa shape index (κ1) is 83.1. The normalized spacial score (nSPS) is 8.39. The SMILES string of the molecule is c1c[nH]cn1.c1cc[nH]c1.c1ccc2occc2c1.c1ccc2sccc2c1.c1ccncc1.c1ccnnc1.c1ccoc1.c1ccsc1.c1cn[nH]c1.c1cn[nH]n1.c1cnccn1.c1cncnc1.c1cnoc1.c1cnsc1.c1cocn1.c1cscn1.c1ncncn1.c1nn[nH]n1. The average Bonchev–Trinajstić information content (AvgIpc) is 1.88. The molecule has 5 N–H and O–H groups in total. The molecule has 0 fully saturated rings. The van der Waals surface area contributed by atoms with Gasteiger partial charge in [-0.2, -0.15) is 47.3 Å². The van der Waals surface area contributed by atoms with Crippen molar-refractivity contribution in [2.75, 3.05) is 0 Å². The number of furan rings is 2. The Morgan fingerprint density at radius 1 is 0.330 bits per heavy atom. The van der Waals surface area contributed by atoms with Crippen LogP contribution in [-0.2, 0) is 0 Å². The van der Waals surface area contributed by atoms with Crippen molar-refractivity contribution in [2.45, 2.75) is 0 Å². The Balaban J connectivity index is 0.000000284. The van der Waals surface area contributed by atoms with Crippen LogP contribution in [0.5, 0.6) is 0 Å². The predicted molar refractivity (Wildman–Crippen MR) is 397 cm³/mol. The lowest BCUT2D eigenvalue weighted by Gasteiger charge is -1.82. The minimum Gasteiger partial charge on any atom is -0.473 e. The Labute approximate surface area is 607 Å². The molecule has 30 nitrogen and oxygen atoms in total. The van der Waals surface area contributed by atoms with Gasteiger partial charge in [-0.25, -0.2) is 39.3 Å². The van der Waals surface area contributed by atoms with Crippen molar-refractivity contribution in [3.63, 3.8) is 0 Å². The minimum atomic E-state index is 0.956. The van der Waals surface area contributed by atoms with Gasteiger partial charge in [0.1, 0.15) is 43.4 Å². The number of pyridine rings is 1. The lowest BCUT2D eigenvalue weighted by Crippen LogP contribution is -1.73. The smallest absolute Gasteiger partial charge is 0.180 e. The maximum absolute atomic E-state index is 5.12. The Kier molecular flexibility index (Phi) is 57.1. The van der Waals surface area contributed by atoms with Crippen LogP contribution in [0.3, 0.4) is 0 Å². The molecule has 18 heterocycles. The first-order valence-electron chi connectivity index (χ1n) is 29.5. The van der Waals surface area contributed by atoms with Gasteiger partial charge in [0.15, 0.2) is 12.7 Å². The molecule has 20 aromatic rings. The highest BCUT2D eigenvalue weighted by molar-refractivity contribution is 7.17. The summed E-state index contributed by atoms with van der Waals surface area (Å²) in [6, 6.07) is 48.6. The number of hydrogen-bond acceptors (Lipinski definition) is 29. The molecule has 18 aromatic heterocycles. The lowest BCUT2D eigenvalue weighted by atomic mass is 10.3. The molecule has 20 rings (SSSR count). The van der Waals surface area contributed by atoms with Crippen LogP contribution < -0.4 is 0 Å². The maximum atomic E-state index is 5.12. The molecule has 0 unspecified atom stereocenters. The molecule has 2 aromatic carbocycles. The molecule has 0 spiro atoms. The third-order valence-electron chi connectivity index (χ3n) is 9.28. The zero-order chi connectivity index (χ0) is 72.3. The molecule has 524 valence electrons. The van der Waals surface area contributed by atoms with E-state index in [4.69, 9.17) is 4.42 Å². The first-order chi connectivity index (χ1) is 51.4. The number of thiazole rings is 1. The number of tetrazole rings is 1. The van der Waals surface area contributed by atoms with Gasteiger partial charge in [0.05, 0.1) is 55.4 Å². The quantitative estimate of drug-likeness (QED) is 0.0941. The minimum absolute atomic E-state index is 0.956. The Hall–Kier alpha value is -14.1. The fourth-order valence-corrected chi connectivity index (χ4v) is 7.20. The van der Waals surface area contributed by atoms with Crippen molar-refractivity contribution in [3.05, 3.63) is 396 Å². The third kappa shape index (κ3) is 59.0. The van der Waals surface area contributed by atoms with E-state index in [-0.39, 0.29) is 0 Å². The highest BCUT2D eigenvalue weighted by atomic mass is 32.1. The van der Waals surface area contributed by atoms with Gasteiger partial charge < -0.3 is 27.7 Å². The summed E-state index contributed by atoms with van der Waals surface area (Å²) >= 11 is 6.57. The van der Waals surface area contributed by atoms with Gasteiger partial charge in [0.25, 0.3) is 0 Å². The van der Waals surface area contributed by atoms with Crippen molar-refractivity contribution in [2.24, 2.45) is 0 Å². The molecule has 103 heavy (non-hydrogen) atoms. The van der Waals surface area contributed by atoms with Gasteiger partial charge in [-0.15, -0.1) is 32.9 Å². The zero-order valence-corrected chi connectivity index (χ0v) is 58.0. The number of aromatic amines is 5. The number of rotatable bonds is 0. The molecule has 0 bridgehead atoms. The van der Waals surface area contributed by atoms with Crippen molar-refractivity contribution in [1.29, 1.82) is 0 Å². The van der Waals surface area contributed by atoms with E-state index >= 15 is 0 Å². The molecule has 0 atom stereocenters. The molecule has 0 radical (unpaired) electrons. The van der Waals surface area contributed by atoms with Crippen LogP contribution in [-0.4, -0.2) is 131 Å². The molecule has 0 amide bonds. The summed E-state index contributed by atoms with van der Waals surface area (Å²) < 4.78 is 23.6. The van der Waals surface area contributed by atoms with Crippen molar-refractivity contribution < 1.29 is 17.8 Å². The topological polar surface area (TPSA) is 402 Å². The van der Waals surface area contributed by atoms with Crippen LogP contribution in [0.2, 0.25) is 0 Å². The van der Waals surface area contributed by atoms with Gasteiger partial charge in [-0.3, -0.25) is 25.0 Å². The monoisotopic (exact) mass is 1450 g/mol. The van der Waals surface area contributed by atoms with E-state index in [1.807, 2.05) is 143 Å². The number of hydrogen-bond donors (Lipinski definition) is 5. The number of aromatic nitrogens is 26. The van der Waals surface area contributed by atoms with Gasteiger partial charge in [0, 0.05) is 132 Å². The summed E-state index contributed by atoms with van der Waals surface area (Å²) in [5.41, 5.74) is 2.75. The Bertz CT molecular complexity index is 3270. The second-order valence-electron chi connectivity index (χ2n) is 16.4. The second kappa shape index (κ2) is 70.7. The Morgan fingerprint density at radius 2 is 1.03 bits per heavy atom. The van der Waals surface area contributed by atoms with Gasteiger partial charge >= 0.3 is 0 Å². The average molecular weight is 1460 g/mol. The molecular formula is C69H70N26O4S4. The van der Waals surface area contributed by atoms with Crippen molar-refractivity contribution in [1.82, 2.24) is 131 Å². The number of para-hydroxylation sites is 1. The van der Waals surface area contributed by atoms with Gasteiger partial charge in [-0.1, -0.05) is 65.0 Å². The molecular weight excluding hydrogens is 1390 g/mol. The summed E-state index contributed by atoms with van der Waals surface area (Å²) in [5, 5.41) is 50.7. The molecule has 0 saturated heterocycles. The number of nitrogens with zero attached hydrogens (tertiary/aromatic N) is 21. The van der Waals surface area contributed by atoms with E-state index < -0.39 is 0 Å². The third-order valence-corrected chi connectivity index (χ3v) is 11.8. The predicted octanol–water partition coefficient (Wildman–Crippen LogP) is 15.2. The summed E-state index contributed by atoms with van der Waals surface area (Å²) in [6.45, 7) is 0. The summed E-state index contributed by atoms with van der Waals surface area (Å²) in [4.78, 5) is 45.8. The van der Waals surface area contributed by atoms with E-state index in [0.717, 1.165) is 11.0 Å². The van der Waals surface area contributed by atoms with Gasteiger partial charge in [0.2, 0.25) is 0 Å². The molecule has 0 aliphatic rings. The standard InChI is InChI=1S/C8H6O.C8H6S.C5H5N.3C4H4N2.C4H5N.C4H4O.C4H4S.C3H3N3.2C3H4N2.2C3H3NO.2C3H3NS.C2H3N3.CH2N4/c2*1-2-4-8-7(3-1)5-6-9-8;1-2-4-6-5-3-1;1-2-6-4-3-5-1;1-2-5-4-6-3-1;1-2-4-6-5-3-1;3*1-2-4-5-3-1;1-4-2-6-3-5-1;1-2-5-3-4-1;1-2-4-5-3-1;1-2-5-3-4-1;1-2-4-5-3-1;1-2-5-3-4-1;3*1-2-4-5-3-1/h2*1-6H;1-5H;3*1-4H;1-5H;2*1-4H;1-3H;2*1-3H,(H,4,5);4*1-3H;1-2H,(H,3,4,5);1H,(H,2,3,4,5). The van der Waals surface area contributed by atoms with Crippen LogP contribution in [0.15, 0.2) is 414 Å². The van der Waals surface area contributed by atoms with Crippen LogP contribution in [0, 0.1) is 0 Å².